The van der Waals surface area contributed by atoms with Crippen LogP contribution in [0.25, 0.3) is 6.08 Å². The molecule has 0 saturated carbocycles. The zero-order valence-electron chi connectivity index (χ0n) is 12.9. The van der Waals surface area contributed by atoms with Gasteiger partial charge in [-0.3, -0.25) is 0 Å². The molecule has 6 heteroatoms. The van der Waals surface area contributed by atoms with Crippen LogP contribution in [-0.2, 0) is 4.74 Å². The van der Waals surface area contributed by atoms with Gasteiger partial charge >= 0.3 is 12.1 Å². The van der Waals surface area contributed by atoms with Crippen molar-refractivity contribution in [2.75, 3.05) is 6.54 Å². The van der Waals surface area contributed by atoms with Gasteiger partial charge in [-0.2, -0.15) is 0 Å². The Morgan fingerprint density at radius 3 is 2.64 bits per heavy atom. The van der Waals surface area contributed by atoms with Crippen molar-refractivity contribution in [2.24, 2.45) is 0 Å². The first-order valence-electron chi connectivity index (χ1n) is 6.85. The minimum Gasteiger partial charge on any atom is -0.478 e. The second-order valence-corrected chi connectivity index (χ2v) is 6.57. The number of nitrogens with one attached hydrogen (secondary N) is 1. The third-order valence-corrected chi connectivity index (χ3v) is 3.02. The Morgan fingerprint density at radius 2 is 2.05 bits per heavy atom. The number of carbonyl (C=O) groups excluding carboxylic acids is 1. The molecular weight excluding hydrogens is 350 g/mol. The third-order valence-electron chi connectivity index (χ3n) is 2.52. The van der Waals surface area contributed by atoms with E-state index in [1.54, 1.807) is 45.0 Å². The molecule has 0 aromatic heterocycles. The monoisotopic (exact) mass is 369 g/mol. The van der Waals surface area contributed by atoms with Gasteiger partial charge in [-0.1, -0.05) is 34.1 Å². The summed E-state index contributed by atoms with van der Waals surface area (Å²) < 4.78 is 5.83. The van der Waals surface area contributed by atoms with Gasteiger partial charge in [0.05, 0.1) is 5.56 Å². The van der Waals surface area contributed by atoms with Crippen LogP contribution in [0.3, 0.4) is 0 Å². The van der Waals surface area contributed by atoms with Crippen molar-refractivity contribution in [3.8, 4) is 0 Å². The van der Waals surface area contributed by atoms with Crippen LogP contribution < -0.4 is 5.32 Å². The summed E-state index contributed by atoms with van der Waals surface area (Å²) in [6.07, 6.45) is 3.66. The predicted octanol–water partition coefficient (Wildman–Crippen LogP) is 4.08. The fraction of sp³-hybridized carbons (Fsp3) is 0.375. The number of carbonyl (C=O) groups is 2. The van der Waals surface area contributed by atoms with Crippen molar-refractivity contribution in [3.63, 3.8) is 0 Å². The second kappa shape index (κ2) is 7.98. The molecule has 1 aromatic carbocycles. The van der Waals surface area contributed by atoms with Crippen molar-refractivity contribution in [1.82, 2.24) is 5.32 Å². The quantitative estimate of drug-likeness (QED) is 0.766. The van der Waals surface area contributed by atoms with E-state index in [0.29, 0.717) is 23.0 Å². The van der Waals surface area contributed by atoms with Crippen LogP contribution in [0.4, 0.5) is 4.79 Å². The molecule has 0 bridgehead atoms. The maximum absolute atomic E-state index is 11.4. The minimum absolute atomic E-state index is 0.228. The lowest BCUT2D eigenvalue weighted by Crippen LogP contribution is -2.32. The highest BCUT2D eigenvalue weighted by Crippen LogP contribution is 2.18. The van der Waals surface area contributed by atoms with Crippen LogP contribution in [0, 0.1) is 0 Å². The third kappa shape index (κ3) is 6.76. The first-order valence-corrected chi connectivity index (χ1v) is 7.64. The molecule has 0 fully saturated rings. The van der Waals surface area contributed by atoms with Gasteiger partial charge in [-0.25, -0.2) is 9.59 Å². The van der Waals surface area contributed by atoms with E-state index >= 15 is 0 Å². The van der Waals surface area contributed by atoms with Crippen molar-refractivity contribution in [1.29, 1.82) is 0 Å². The summed E-state index contributed by atoms with van der Waals surface area (Å²) in [5.41, 5.74) is 0.326. The average Bonchev–Trinajstić information content (AvgIpc) is 2.37. The number of ether oxygens (including phenoxy) is 1. The highest BCUT2D eigenvalue weighted by molar-refractivity contribution is 9.10. The molecule has 1 rings (SSSR count). The Labute approximate surface area is 138 Å². The molecule has 0 aliphatic carbocycles. The van der Waals surface area contributed by atoms with Crippen molar-refractivity contribution < 1.29 is 19.4 Å². The fourth-order valence-corrected chi connectivity index (χ4v) is 2.00. The van der Waals surface area contributed by atoms with Crippen molar-refractivity contribution >= 4 is 34.1 Å². The highest BCUT2D eigenvalue weighted by atomic mass is 79.9. The molecule has 0 unspecified atom stereocenters. The molecule has 0 aliphatic heterocycles. The Morgan fingerprint density at radius 1 is 1.36 bits per heavy atom. The molecular formula is C16H20BrNO4. The van der Waals surface area contributed by atoms with Crippen LogP contribution in [0.2, 0.25) is 0 Å². The van der Waals surface area contributed by atoms with Gasteiger partial charge in [0.25, 0.3) is 0 Å². The van der Waals surface area contributed by atoms with Gasteiger partial charge < -0.3 is 15.2 Å². The zero-order valence-corrected chi connectivity index (χ0v) is 14.4. The predicted molar refractivity (Wildman–Crippen MR) is 89.0 cm³/mol. The van der Waals surface area contributed by atoms with Gasteiger partial charge in [0.1, 0.15) is 5.60 Å². The van der Waals surface area contributed by atoms with Crippen LogP contribution in [0.1, 0.15) is 43.1 Å². The summed E-state index contributed by atoms with van der Waals surface area (Å²) in [5.74, 6) is -0.979. The lowest BCUT2D eigenvalue weighted by Gasteiger charge is -2.19. The first kappa shape index (κ1) is 18.2. The number of hydrogen-bond donors (Lipinski definition) is 2. The van der Waals surface area contributed by atoms with Gasteiger partial charge in [0.15, 0.2) is 0 Å². The number of halogens is 1. The zero-order chi connectivity index (χ0) is 16.8. The molecule has 120 valence electrons. The summed E-state index contributed by atoms with van der Waals surface area (Å²) in [4.78, 5) is 22.6. The summed E-state index contributed by atoms with van der Waals surface area (Å²) >= 11 is 3.25. The maximum atomic E-state index is 11.4. The molecule has 0 heterocycles. The summed E-state index contributed by atoms with van der Waals surface area (Å²) in [5, 5.41) is 11.8. The van der Waals surface area contributed by atoms with Crippen molar-refractivity contribution in [3.05, 3.63) is 39.9 Å². The van der Waals surface area contributed by atoms with E-state index in [4.69, 9.17) is 9.84 Å². The second-order valence-electron chi connectivity index (χ2n) is 5.66. The van der Waals surface area contributed by atoms with Gasteiger partial charge in [-0.15, -0.1) is 0 Å². The molecule has 1 aromatic rings. The van der Waals surface area contributed by atoms with Gasteiger partial charge in [-0.05, 0) is 44.9 Å². The van der Waals surface area contributed by atoms with Gasteiger partial charge in [0.2, 0.25) is 0 Å². The largest absolute Gasteiger partial charge is 0.478 e. The maximum Gasteiger partial charge on any atom is 0.407 e. The lowest BCUT2D eigenvalue weighted by atomic mass is 10.1. The number of alkyl carbamates (subject to hydrolysis) is 1. The fourth-order valence-electron chi connectivity index (χ4n) is 1.64. The molecule has 5 nitrogen and oxygen atoms in total. The Hall–Kier alpha value is -1.82. The molecule has 0 spiro atoms. The lowest BCUT2D eigenvalue weighted by molar-refractivity contribution is 0.0528. The van der Waals surface area contributed by atoms with Crippen molar-refractivity contribution in [2.45, 2.75) is 32.8 Å². The Balaban J connectivity index is 2.50. The number of benzene rings is 1. The number of carboxylic acids is 1. The summed E-state index contributed by atoms with van der Waals surface area (Å²) in [6.45, 7) is 5.82. The van der Waals surface area contributed by atoms with Crippen LogP contribution in [0.5, 0.6) is 0 Å². The Kier molecular flexibility index (Phi) is 6.61. The molecule has 0 saturated heterocycles. The number of hydrogen-bond acceptors (Lipinski definition) is 3. The van der Waals surface area contributed by atoms with E-state index in [1.165, 1.54) is 0 Å². The molecule has 0 atom stereocenters. The first-order chi connectivity index (χ1) is 10.2. The number of amides is 1. The van der Waals surface area contributed by atoms with E-state index < -0.39 is 17.7 Å². The smallest absolute Gasteiger partial charge is 0.407 e. The van der Waals surface area contributed by atoms with Crippen LogP contribution in [-0.4, -0.2) is 29.3 Å². The molecule has 0 aliphatic rings. The van der Waals surface area contributed by atoms with E-state index in [0.717, 1.165) is 0 Å². The van der Waals surface area contributed by atoms with E-state index in [2.05, 4.69) is 21.2 Å². The highest BCUT2D eigenvalue weighted by Gasteiger charge is 2.15. The molecule has 22 heavy (non-hydrogen) atoms. The topological polar surface area (TPSA) is 75.6 Å². The van der Waals surface area contributed by atoms with E-state index in [1.807, 2.05) is 6.08 Å². The summed E-state index contributed by atoms with van der Waals surface area (Å²) in [6, 6.07) is 5.07. The molecule has 2 N–H and O–H groups in total. The summed E-state index contributed by atoms with van der Waals surface area (Å²) in [7, 11) is 0. The van der Waals surface area contributed by atoms with E-state index in [9.17, 15) is 9.59 Å². The Bertz CT molecular complexity index is 576. The average molecular weight is 370 g/mol. The number of aromatic carboxylic acids is 1. The minimum atomic E-state index is -0.979. The number of carboxylic acid groups (broad SMARTS) is 1. The van der Waals surface area contributed by atoms with Gasteiger partial charge in [0, 0.05) is 11.0 Å². The molecule has 0 radical (unpaired) electrons. The van der Waals surface area contributed by atoms with Crippen LogP contribution in [0.15, 0.2) is 28.7 Å². The molecule has 1 amide bonds. The standard InChI is InChI=1S/C16H20BrNO4/c1-16(2,3)22-15(21)18-9-5-4-6-11-7-8-12(17)10-13(11)14(19)20/h4,6-8,10H,5,9H2,1-3H3,(H,18,21)(H,19,20). The number of rotatable bonds is 5. The van der Waals surface area contributed by atoms with Crippen LogP contribution >= 0.6 is 15.9 Å². The normalized spacial score (nSPS) is 11.5. The van der Waals surface area contributed by atoms with E-state index in [-0.39, 0.29) is 5.56 Å². The SMILES string of the molecule is CC(C)(C)OC(=O)NCCC=Cc1ccc(Br)cc1C(=O)O.